The molecule has 4 atom stereocenters. The summed E-state index contributed by atoms with van der Waals surface area (Å²) in [6.45, 7) is 2.39. The highest BCUT2D eigenvalue weighted by Crippen LogP contribution is 2.43. The molecule has 0 aromatic rings. The second kappa shape index (κ2) is 4.21. The van der Waals surface area contributed by atoms with Gasteiger partial charge in [0.25, 0.3) is 0 Å². The van der Waals surface area contributed by atoms with Crippen LogP contribution < -0.4 is 0 Å². The van der Waals surface area contributed by atoms with Crippen molar-refractivity contribution in [2.24, 2.45) is 17.8 Å². The SMILES string of the molecule is CO[C@H]([C@H]1C[C@@H]1CO)[C@H](C)CO. The van der Waals surface area contributed by atoms with Crippen LogP contribution in [0.4, 0.5) is 0 Å². The van der Waals surface area contributed by atoms with Gasteiger partial charge >= 0.3 is 0 Å². The first kappa shape index (κ1) is 9.96. The topological polar surface area (TPSA) is 49.7 Å². The van der Waals surface area contributed by atoms with Crippen LogP contribution in [0.15, 0.2) is 0 Å². The molecule has 2 N–H and O–H groups in total. The Morgan fingerprint density at radius 2 is 2.17 bits per heavy atom. The molecule has 0 unspecified atom stereocenters. The lowest BCUT2D eigenvalue weighted by molar-refractivity contribution is 0.0130. The summed E-state index contributed by atoms with van der Waals surface area (Å²) in [5.74, 6) is 1.04. The summed E-state index contributed by atoms with van der Waals surface area (Å²) in [6, 6.07) is 0. The van der Waals surface area contributed by atoms with Crippen molar-refractivity contribution in [3.05, 3.63) is 0 Å². The molecule has 3 heteroatoms. The van der Waals surface area contributed by atoms with Crippen molar-refractivity contribution >= 4 is 0 Å². The molecule has 0 amide bonds. The predicted octanol–water partition coefficient (Wildman–Crippen LogP) is 0.258. The Balaban J connectivity index is 2.36. The van der Waals surface area contributed by atoms with Gasteiger partial charge in [0, 0.05) is 26.2 Å². The molecular weight excluding hydrogens is 156 g/mol. The second-order valence-electron chi connectivity index (χ2n) is 3.70. The normalized spacial score (nSPS) is 33.0. The van der Waals surface area contributed by atoms with Gasteiger partial charge in [-0.05, 0) is 18.3 Å². The van der Waals surface area contributed by atoms with Crippen LogP contribution in [0.3, 0.4) is 0 Å². The fourth-order valence-corrected chi connectivity index (χ4v) is 1.82. The van der Waals surface area contributed by atoms with E-state index < -0.39 is 0 Å². The minimum atomic E-state index is 0.118. The number of ether oxygens (including phenoxy) is 1. The quantitative estimate of drug-likeness (QED) is 0.628. The van der Waals surface area contributed by atoms with Crippen LogP contribution in [0, 0.1) is 17.8 Å². The zero-order valence-electron chi connectivity index (χ0n) is 7.73. The third-order valence-electron chi connectivity index (χ3n) is 2.75. The summed E-state index contributed by atoms with van der Waals surface area (Å²) in [4.78, 5) is 0. The van der Waals surface area contributed by atoms with E-state index in [4.69, 9.17) is 14.9 Å². The number of aliphatic hydroxyl groups is 2. The highest BCUT2D eigenvalue weighted by atomic mass is 16.5. The maximum Gasteiger partial charge on any atom is 0.0650 e. The molecule has 72 valence electrons. The predicted molar refractivity (Wildman–Crippen MR) is 45.7 cm³/mol. The third kappa shape index (κ3) is 1.97. The highest BCUT2D eigenvalue weighted by Gasteiger charge is 2.44. The van der Waals surface area contributed by atoms with E-state index in [0.29, 0.717) is 11.8 Å². The standard InChI is InChI=1S/C9H18O3/c1-6(4-10)9(12-2)8-3-7(8)5-11/h6-11H,3-5H2,1-2H3/t6-,7-,8+,9+/m1/s1. The van der Waals surface area contributed by atoms with Crippen LogP contribution in [-0.2, 0) is 4.74 Å². The Morgan fingerprint density at radius 3 is 2.50 bits per heavy atom. The van der Waals surface area contributed by atoms with E-state index in [-0.39, 0.29) is 25.2 Å². The van der Waals surface area contributed by atoms with E-state index in [0.717, 1.165) is 6.42 Å². The van der Waals surface area contributed by atoms with E-state index in [1.54, 1.807) is 7.11 Å². The first-order valence-corrected chi connectivity index (χ1v) is 4.49. The first-order chi connectivity index (χ1) is 5.74. The molecule has 0 radical (unpaired) electrons. The van der Waals surface area contributed by atoms with Gasteiger partial charge in [-0.3, -0.25) is 0 Å². The van der Waals surface area contributed by atoms with Gasteiger partial charge in [-0.25, -0.2) is 0 Å². The van der Waals surface area contributed by atoms with Crippen LogP contribution in [-0.4, -0.2) is 36.6 Å². The molecule has 0 saturated heterocycles. The van der Waals surface area contributed by atoms with Gasteiger partial charge in [-0.2, -0.15) is 0 Å². The van der Waals surface area contributed by atoms with E-state index >= 15 is 0 Å². The fraction of sp³-hybridized carbons (Fsp3) is 1.00. The molecule has 1 saturated carbocycles. The van der Waals surface area contributed by atoms with Crippen LogP contribution in [0.25, 0.3) is 0 Å². The van der Waals surface area contributed by atoms with Crippen LogP contribution in [0.2, 0.25) is 0 Å². The Morgan fingerprint density at radius 1 is 1.50 bits per heavy atom. The summed E-state index contributed by atoms with van der Waals surface area (Å²) < 4.78 is 5.29. The molecule has 0 aromatic carbocycles. The Kier molecular flexibility index (Phi) is 3.50. The van der Waals surface area contributed by atoms with Crippen molar-refractivity contribution in [3.63, 3.8) is 0 Å². The smallest absolute Gasteiger partial charge is 0.0650 e. The van der Waals surface area contributed by atoms with Crippen LogP contribution >= 0.6 is 0 Å². The molecule has 0 aromatic heterocycles. The first-order valence-electron chi connectivity index (χ1n) is 4.49. The highest BCUT2D eigenvalue weighted by molar-refractivity contribution is 4.93. The molecule has 1 aliphatic rings. The lowest BCUT2D eigenvalue weighted by Gasteiger charge is -2.20. The molecule has 12 heavy (non-hydrogen) atoms. The number of rotatable bonds is 5. The van der Waals surface area contributed by atoms with Crippen LogP contribution in [0.1, 0.15) is 13.3 Å². The van der Waals surface area contributed by atoms with Gasteiger partial charge < -0.3 is 14.9 Å². The van der Waals surface area contributed by atoms with E-state index in [1.807, 2.05) is 6.92 Å². The summed E-state index contributed by atoms with van der Waals surface area (Å²) in [7, 11) is 1.67. The summed E-state index contributed by atoms with van der Waals surface area (Å²) in [5.41, 5.74) is 0. The largest absolute Gasteiger partial charge is 0.396 e. The van der Waals surface area contributed by atoms with E-state index in [9.17, 15) is 0 Å². The Labute approximate surface area is 73.4 Å². The van der Waals surface area contributed by atoms with Crippen molar-refractivity contribution in [2.45, 2.75) is 19.4 Å². The molecular formula is C9H18O3. The zero-order valence-corrected chi connectivity index (χ0v) is 7.73. The summed E-state index contributed by atoms with van der Waals surface area (Å²) in [6.07, 6.45) is 1.16. The maximum atomic E-state index is 8.93. The number of aliphatic hydroxyl groups excluding tert-OH is 2. The summed E-state index contributed by atoms with van der Waals surface area (Å²) >= 11 is 0. The Bertz CT molecular complexity index is 138. The van der Waals surface area contributed by atoms with Gasteiger partial charge in [0.05, 0.1) is 6.10 Å². The molecule has 0 spiro atoms. The van der Waals surface area contributed by atoms with Gasteiger partial charge in [-0.15, -0.1) is 0 Å². The van der Waals surface area contributed by atoms with Crippen molar-refractivity contribution < 1.29 is 14.9 Å². The molecule has 1 rings (SSSR count). The van der Waals surface area contributed by atoms with Gasteiger partial charge in [-0.1, -0.05) is 6.92 Å². The van der Waals surface area contributed by atoms with Crippen molar-refractivity contribution in [1.29, 1.82) is 0 Å². The molecule has 1 fully saturated rings. The number of hydrogen-bond donors (Lipinski definition) is 2. The lowest BCUT2D eigenvalue weighted by atomic mass is 10.0. The van der Waals surface area contributed by atoms with Gasteiger partial charge in [0.2, 0.25) is 0 Å². The van der Waals surface area contributed by atoms with E-state index in [2.05, 4.69) is 0 Å². The lowest BCUT2D eigenvalue weighted by Crippen LogP contribution is -2.26. The number of hydrogen-bond acceptors (Lipinski definition) is 3. The third-order valence-corrected chi connectivity index (χ3v) is 2.75. The fourth-order valence-electron chi connectivity index (χ4n) is 1.82. The zero-order chi connectivity index (χ0) is 9.14. The second-order valence-corrected chi connectivity index (χ2v) is 3.70. The molecule has 0 heterocycles. The van der Waals surface area contributed by atoms with Crippen molar-refractivity contribution in [3.8, 4) is 0 Å². The molecule has 3 nitrogen and oxygen atoms in total. The average molecular weight is 174 g/mol. The van der Waals surface area contributed by atoms with E-state index in [1.165, 1.54) is 0 Å². The van der Waals surface area contributed by atoms with Gasteiger partial charge in [0.15, 0.2) is 0 Å². The maximum absolute atomic E-state index is 8.93. The van der Waals surface area contributed by atoms with Crippen molar-refractivity contribution in [2.75, 3.05) is 20.3 Å². The molecule has 0 aliphatic heterocycles. The average Bonchev–Trinajstić information content (AvgIpc) is 2.85. The van der Waals surface area contributed by atoms with Crippen molar-refractivity contribution in [1.82, 2.24) is 0 Å². The minimum absolute atomic E-state index is 0.118. The minimum Gasteiger partial charge on any atom is -0.396 e. The molecule has 1 aliphatic carbocycles. The Hall–Kier alpha value is -0.120. The monoisotopic (exact) mass is 174 g/mol. The number of methoxy groups -OCH3 is 1. The van der Waals surface area contributed by atoms with Gasteiger partial charge in [0.1, 0.15) is 0 Å². The van der Waals surface area contributed by atoms with Crippen LogP contribution in [0.5, 0.6) is 0 Å². The summed E-state index contributed by atoms with van der Waals surface area (Å²) in [5, 5.41) is 17.8. The molecule has 0 bridgehead atoms.